The molecule has 0 heterocycles. The van der Waals surface area contributed by atoms with Gasteiger partial charge in [0.25, 0.3) is 0 Å². The maximum absolute atomic E-state index is 9.99. The van der Waals surface area contributed by atoms with Crippen LogP contribution in [0.2, 0.25) is 0 Å². The van der Waals surface area contributed by atoms with Crippen LogP contribution in [0.25, 0.3) is 0 Å². The van der Waals surface area contributed by atoms with Gasteiger partial charge in [0.15, 0.2) is 0 Å². The van der Waals surface area contributed by atoms with Gasteiger partial charge in [-0.2, -0.15) is 5.26 Å². The van der Waals surface area contributed by atoms with Crippen LogP contribution < -0.4 is 0 Å². The molecule has 4 fully saturated rings. The van der Waals surface area contributed by atoms with Crippen LogP contribution in [0.15, 0.2) is 11.6 Å². The summed E-state index contributed by atoms with van der Waals surface area (Å²) in [6.07, 6.45) is 13.1. The van der Waals surface area contributed by atoms with E-state index in [-0.39, 0.29) is 6.10 Å². The first-order valence-electron chi connectivity index (χ1n) is 9.39. The molecule has 2 nitrogen and oxygen atoms in total. The van der Waals surface area contributed by atoms with Gasteiger partial charge in [-0.15, -0.1) is 0 Å². The van der Waals surface area contributed by atoms with Gasteiger partial charge < -0.3 is 5.11 Å². The molecular formula is C20H29NO. The third kappa shape index (κ3) is 2.16. The highest BCUT2D eigenvalue weighted by Gasteiger charge is 2.53. The smallest absolute Gasteiger partial charge is 0.0911 e. The second-order valence-electron chi connectivity index (χ2n) is 8.78. The lowest BCUT2D eigenvalue weighted by Gasteiger charge is -2.54. The Morgan fingerprint density at radius 1 is 1.09 bits per heavy atom. The number of rotatable bonds is 0. The topological polar surface area (TPSA) is 44.0 Å². The number of allylic oxidation sites excluding steroid dienone is 2. The summed E-state index contributed by atoms with van der Waals surface area (Å²) in [7, 11) is 0. The van der Waals surface area contributed by atoms with Crippen LogP contribution in [0.3, 0.4) is 0 Å². The van der Waals surface area contributed by atoms with Gasteiger partial charge in [0.2, 0.25) is 0 Å². The monoisotopic (exact) mass is 299 g/mol. The average Bonchev–Trinajstić information content (AvgIpc) is 2.81. The van der Waals surface area contributed by atoms with Crippen LogP contribution in [0.5, 0.6) is 0 Å². The van der Waals surface area contributed by atoms with Crippen LogP contribution in [0.1, 0.15) is 64.7 Å². The maximum atomic E-state index is 9.99. The Balaban J connectivity index is 1.57. The van der Waals surface area contributed by atoms with Gasteiger partial charge in [-0.3, -0.25) is 0 Å². The molecule has 4 rings (SSSR count). The minimum absolute atomic E-state index is 0.0247. The molecule has 120 valence electrons. The van der Waals surface area contributed by atoms with Gasteiger partial charge in [-0.05, 0) is 92.8 Å². The van der Waals surface area contributed by atoms with Gasteiger partial charge >= 0.3 is 0 Å². The van der Waals surface area contributed by atoms with E-state index in [4.69, 9.17) is 5.26 Å². The van der Waals surface area contributed by atoms with E-state index in [1.165, 1.54) is 44.1 Å². The molecule has 4 saturated carbocycles. The third-order valence-electron chi connectivity index (χ3n) is 7.96. The standard InChI is InChI=1S/C20H29NO/c1-20-12-14-3-2-13-10-17(22)6-7-18(13)19(14)11-16(20)5-4-15(20)8-9-21/h8,13-14,16-19,22H,2-7,10-12H2,1H3/t13-,14-,16+,17+,18-,19-,20-/m1/s1. The molecule has 0 bridgehead atoms. The minimum atomic E-state index is -0.0247. The predicted octanol–water partition coefficient (Wildman–Crippen LogP) is 4.45. The van der Waals surface area contributed by atoms with E-state index >= 15 is 0 Å². The number of aliphatic hydroxyl groups excluding tert-OH is 1. The molecule has 0 amide bonds. The lowest BCUT2D eigenvalue weighted by atomic mass is 9.51. The summed E-state index contributed by atoms with van der Waals surface area (Å²) in [4.78, 5) is 0. The normalized spacial score (nSPS) is 52.5. The van der Waals surface area contributed by atoms with Gasteiger partial charge in [-0.1, -0.05) is 12.5 Å². The molecule has 0 aliphatic heterocycles. The molecule has 0 aromatic heterocycles. The second kappa shape index (κ2) is 5.38. The molecule has 0 radical (unpaired) electrons. The Morgan fingerprint density at radius 2 is 1.91 bits per heavy atom. The van der Waals surface area contributed by atoms with Gasteiger partial charge in [0, 0.05) is 6.08 Å². The highest BCUT2D eigenvalue weighted by Crippen LogP contribution is 2.63. The van der Waals surface area contributed by atoms with Crippen molar-refractivity contribution >= 4 is 0 Å². The molecule has 0 aromatic rings. The fraction of sp³-hybridized carbons (Fsp3) is 0.850. The van der Waals surface area contributed by atoms with Crippen LogP contribution in [-0.2, 0) is 0 Å². The number of hydrogen-bond donors (Lipinski definition) is 1. The minimum Gasteiger partial charge on any atom is -0.393 e. The van der Waals surface area contributed by atoms with Crippen LogP contribution in [-0.4, -0.2) is 11.2 Å². The third-order valence-corrected chi connectivity index (χ3v) is 7.96. The summed E-state index contributed by atoms with van der Waals surface area (Å²) in [5.74, 6) is 4.27. The quantitative estimate of drug-likeness (QED) is 0.672. The number of nitriles is 1. The van der Waals surface area contributed by atoms with Crippen molar-refractivity contribution in [1.82, 2.24) is 0 Å². The lowest BCUT2D eigenvalue weighted by Crippen LogP contribution is -2.46. The summed E-state index contributed by atoms with van der Waals surface area (Å²) >= 11 is 0. The molecule has 7 atom stereocenters. The van der Waals surface area contributed by atoms with Gasteiger partial charge in [0.05, 0.1) is 12.2 Å². The summed E-state index contributed by atoms with van der Waals surface area (Å²) in [5, 5.41) is 19.1. The van der Waals surface area contributed by atoms with Gasteiger partial charge in [-0.25, -0.2) is 0 Å². The summed E-state index contributed by atoms with van der Waals surface area (Å²) < 4.78 is 0. The van der Waals surface area contributed by atoms with Crippen LogP contribution in [0.4, 0.5) is 0 Å². The van der Waals surface area contributed by atoms with Crippen molar-refractivity contribution in [2.45, 2.75) is 70.8 Å². The molecule has 0 unspecified atom stereocenters. The molecule has 0 aromatic carbocycles. The van der Waals surface area contributed by atoms with Gasteiger partial charge in [0.1, 0.15) is 0 Å². The van der Waals surface area contributed by atoms with E-state index in [9.17, 15) is 5.11 Å². The first kappa shape index (κ1) is 14.8. The Labute approximate surface area is 134 Å². The summed E-state index contributed by atoms with van der Waals surface area (Å²) in [5.41, 5.74) is 1.76. The zero-order chi connectivity index (χ0) is 15.3. The second-order valence-corrected chi connectivity index (χ2v) is 8.78. The first-order chi connectivity index (χ1) is 10.6. The van der Waals surface area contributed by atoms with Crippen molar-refractivity contribution in [3.8, 4) is 6.07 Å². The van der Waals surface area contributed by atoms with E-state index in [2.05, 4.69) is 13.0 Å². The highest BCUT2D eigenvalue weighted by atomic mass is 16.3. The first-order valence-corrected chi connectivity index (χ1v) is 9.39. The fourth-order valence-corrected chi connectivity index (χ4v) is 6.83. The number of fused-ring (bicyclic) bond motifs is 4. The molecular weight excluding hydrogens is 270 g/mol. The SMILES string of the molecule is C[C@]12C[C@H]3CC[C@@H]4C[C@@H](O)CC[C@H]4[C@@H]3C[C@@H]1CCC2=CC#N. The number of nitrogens with zero attached hydrogens (tertiary/aromatic N) is 1. The summed E-state index contributed by atoms with van der Waals surface area (Å²) in [6, 6.07) is 2.30. The molecule has 0 saturated heterocycles. The van der Waals surface area contributed by atoms with E-state index in [1.54, 1.807) is 0 Å². The van der Waals surface area contributed by atoms with Crippen molar-refractivity contribution in [2.75, 3.05) is 0 Å². The Morgan fingerprint density at radius 3 is 2.73 bits per heavy atom. The highest BCUT2D eigenvalue weighted by molar-refractivity contribution is 5.27. The van der Waals surface area contributed by atoms with Crippen molar-refractivity contribution in [1.29, 1.82) is 5.26 Å². The largest absolute Gasteiger partial charge is 0.393 e. The molecule has 2 heteroatoms. The zero-order valence-corrected chi connectivity index (χ0v) is 13.8. The van der Waals surface area contributed by atoms with Crippen molar-refractivity contribution in [3.05, 3.63) is 11.6 Å². The number of hydrogen-bond acceptors (Lipinski definition) is 2. The Kier molecular flexibility index (Phi) is 3.61. The van der Waals surface area contributed by atoms with Crippen LogP contribution in [0, 0.1) is 46.3 Å². The molecule has 0 spiro atoms. The predicted molar refractivity (Wildman–Crippen MR) is 86.8 cm³/mol. The summed E-state index contributed by atoms with van der Waals surface area (Å²) in [6.45, 7) is 2.45. The van der Waals surface area contributed by atoms with E-state index in [1.807, 2.05) is 6.08 Å². The molecule has 22 heavy (non-hydrogen) atoms. The molecule has 1 N–H and O–H groups in total. The van der Waals surface area contributed by atoms with Crippen LogP contribution >= 0.6 is 0 Å². The fourth-order valence-electron chi connectivity index (χ4n) is 6.83. The van der Waals surface area contributed by atoms with Crippen molar-refractivity contribution < 1.29 is 5.11 Å². The average molecular weight is 299 g/mol. The maximum Gasteiger partial charge on any atom is 0.0911 e. The van der Waals surface area contributed by atoms with E-state index < -0.39 is 0 Å². The Hall–Kier alpha value is -0.810. The zero-order valence-electron chi connectivity index (χ0n) is 13.8. The number of aliphatic hydroxyl groups is 1. The molecule has 4 aliphatic carbocycles. The Bertz CT molecular complexity index is 518. The molecule has 4 aliphatic rings. The van der Waals surface area contributed by atoms with E-state index in [0.29, 0.717) is 5.41 Å². The van der Waals surface area contributed by atoms with E-state index in [0.717, 1.165) is 48.9 Å². The lowest BCUT2D eigenvalue weighted by molar-refractivity contribution is -0.0507. The van der Waals surface area contributed by atoms with Crippen molar-refractivity contribution in [2.24, 2.45) is 35.0 Å². The van der Waals surface area contributed by atoms with Crippen molar-refractivity contribution in [3.63, 3.8) is 0 Å².